The zero-order valence-corrected chi connectivity index (χ0v) is 20.7. The number of nitrogens with zero attached hydrogens (tertiary/aromatic N) is 1. The van der Waals surface area contributed by atoms with E-state index in [0.717, 1.165) is 67.9 Å². The molecule has 0 aliphatic carbocycles. The molecule has 31 heavy (non-hydrogen) atoms. The number of halogens is 1. The van der Waals surface area contributed by atoms with E-state index in [1.54, 1.807) is 14.2 Å². The summed E-state index contributed by atoms with van der Waals surface area (Å²) in [5, 5.41) is 6.70. The van der Waals surface area contributed by atoms with E-state index < -0.39 is 0 Å². The molecule has 0 radical (unpaired) electrons. The van der Waals surface area contributed by atoms with Crippen LogP contribution in [0.4, 0.5) is 0 Å². The molecule has 0 atom stereocenters. The fourth-order valence-corrected chi connectivity index (χ4v) is 3.27. The Morgan fingerprint density at radius 3 is 2.45 bits per heavy atom. The van der Waals surface area contributed by atoms with Crippen LogP contribution in [0.5, 0.6) is 23.0 Å². The molecule has 0 fully saturated rings. The Balaban J connectivity index is 0.00000341. The maximum absolute atomic E-state index is 5.44. The second-order valence-electron chi connectivity index (χ2n) is 6.92. The molecule has 0 bridgehead atoms. The van der Waals surface area contributed by atoms with Gasteiger partial charge in [0.1, 0.15) is 0 Å². The maximum atomic E-state index is 5.44. The van der Waals surface area contributed by atoms with E-state index in [4.69, 9.17) is 18.9 Å². The number of guanidine groups is 1. The zero-order valence-electron chi connectivity index (χ0n) is 18.4. The predicted molar refractivity (Wildman–Crippen MR) is 134 cm³/mol. The molecule has 1 aliphatic heterocycles. The standard InChI is InChI=1S/C23H31N3O4.HI/c1-4-24-23(26-13-11-18-8-10-20-22(15-18)30-16-29-20)25-12-5-6-17-7-9-19(27-2)21(14-17)28-3;/h7-10,14-15H,4-6,11-13,16H2,1-3H3,(H2,24,25,26);1H. The van der Waals surface area contributed by atoms with Crippen molar-refractivity contribution in [3.8, 4) is 23.0 Å². The molecule has 2 aromatic carbocycles. The minimum absolute atomic E-state index is 0. The van der Waals surface area contributed by atoms with Gasteiger partial charge in [0, 0.05) is 19.6 Å². The van der Waals surface area contributed by atoms with Crippen LogP contribution in [0, 0.1) is 0 Å². The van der Waals surface area contributed by atoms with Gasteiger partial charge < -0.3 is 29.6 Å². The second-order valence-corrected chi connectivity index (χ2v) is 6.92. The highest BCUT2D eigenvalue weighted by Gasteiger charge is 2.13. The normalized spacial score (nSPS) is 12.2. The SMILES string of the molecule is CCNC(=NCCCc1ccc(OC)c(OC)c1)NCCc1ccc2c(c1)OCO2.I. The molecule has 0 saturated heterocycles. The molecule has 0 aromatic heterocycles. The molecule has 0 spiro atoms. The number of ether oxygens (including phenoxy) is 4. The van der Waals surface area contributed by atoms with Crippen LogP contribution in [0.2, 0.25) is 0 Å². The van der Waals surface area contributed by atoms with Gasteiger partial charge in [-0.2, -0.15) is 0 Å². The lowest BCUT2D eigenvalue weighted by Crippen LogP contribution is -2.38. The van der Waals surface area contributed by atoms with Crippen LogP contribution in [0.3, 0.4) is 0 Å². The Labute approximate surface area is 201 Å². The van der Waals surface area contributed by atoms with Crippen molar-refractivity contribution in [1.82, 2.24) is 10.6 Å². The summed E-state index contributed by atoms with van der Waals surface area (Å²) < 4.78 is 21.5. The Morgan fingerprint density at radius 2 is 1.68 bits per heavy atom. The summed E-state index contributed by atoms with van der Waals surface area (Å²) in [7, 11) is 3.30. The van der Waals surface area contributed by atoms with E-state index in [1.165, 1.54) is 11.1 Å². The van der Waals surface area contributed by atoms with Gasteiger partial charge in [0.25, 0.3) is 0 Å². The number of methoxy groups -OCH3 is 2. The first-order valence-corrected chi connectivity index (χ1v) is 10.3. The quantitative estimate of drug-likeness (QED) is 0.207. The van der Waals surface area contributed by atoms with Crippen molar-refractivity contribution in [2.45, 2.75) is 26.2 Å². The highest BCUT2D eigenvalue weighted by Crippen LogP contribution is 2.32. The molecule has 1 aliphatic rings. The minimum atomic E-state index is 0. The summed E-state index contributed by atoms with van der Waals surface area (Å²) in [5.41, 5.74) is 2.42. The summed E-state index contributed by atoms with van der Waals surface area (Å²) in [6.07, 6.45) is 2.77. The Bertz CT molecular complexity index is 861. The van der Waals surface area contributed by atoms with Gasteiger partial charge in [0.2, 0.25) is 6.79 Å². The number of fused-ring (bicyclic) bond motifs is 1. The Hall–Kier alpha value is -2.36. The lowest BCUT2D eigenvalue weighted by molar-refractivity contribution is 0.174. The van der Waals surface area contributed by atoms with E-state index in [2.05, 4.69) is 34.7 Å². The smallest absolute Gasteiger partial charge is 0.231 e. The number of hydrogen-bond donors (Lipinski definition) is 2. The molecule has 0 amide bonds. The number of rotatable bonds is 10. The van der Waals surface area contributed by atoms with Crippen molar-refractivity contribution < 1.29 is 18.9 Å². The number of hydrogen-bond acceptors (Lipinski definition) is 5. The van der Waals surface area contributed by atoms with E-state index in [1.807, 2.05) is 24.3 Å². The first-order chi connectivity index (χ1) is 14.7. The molecule has 2 N–H and O–H groups in total. The summed E-state index contributed by atoms with van der Waals surface area (Å²) in [5.74, 6) is 3.99. The fourth-order valence-electron chi connectivity index (χ4n) is 3.27. The van der Waals surface area contributed by atoms with Crippen LogP contribution in [0.15, 0.2) is 41.4 Å². The molecular weight excluding hydrogens is 509 g/mol. The van der Waals surface area contributed by atoms with Crippen LogP contribution >= 0.6 is 24.0 Å². The summed E-state index contributed by atoms with van der Waals surface area (Å²) in [6, 6.07) is 12.1. The average Bonchev–Trinajstić information content (AvgIpc) is 3.24. The molecule has 8 heteroatoms. The van der Waals surface area contributed by atoms with Gasteiger partial charge in [-0.25, -0.2) is 0 Å². The first-order valence-electron chi connectivity index (χ1n) is 10.3. The van der Waals surface area contributed by atoms with Gasteiger partial charge in [-0.15, -0.1) is 24.0 Å². The first kappa shape index (κ1) is 24.9. The van der Waals surface area contributed by atoms with Crippen LogP contribution in [-0.4, -0.2) is 46.6 Å². The summed E-state index contributed by atoms with van der Waals surface area (Å²) >= 11 is 0. The van der Waals surface area contributed by atoms with Crippen LogP contribution in [0.1, 0.15) is 24.5 Å². The number of nitrogens with one attached hydrogen (secondary N) is 2. The molecule has 7 nitrogen and oxygen atoms in total. The topological polar surface area (TPSA) is 73.3 Å². The van der Waals surface area contributed by atoms with Gasteiger partial charge >= 0.3 is 0 Å². The van der Waals surface area contributed by atoms with E-state index >= 15 is 0 Å². The molecule has 3 rings (SSSR count). The third kappa shape index (κ3) is 7.37. The van der Waals surface area contributed by atoms with E-state index in [-0.39, 0.29) is 24.0 Å². The average molecular weight is 541 g/mol. The van der Waals surface area contributed by atoms with Crippen molar-refractivity contribution in [3.05, 3.63) is 47.5 Å². The Kier molecular flexibility index (Phi) is 10.6. The van der Waals surface area contributed by atoms with Crippen LogP contribution in [0.25, 0.3) is 0 Å². The molecule has 0 unspecified atom stereocenters. The van der Waals surface area contributed by atoms with Gasteiger partial charge in [-0.05, 0) is 61.6 Å². The summed E-state index contributed by atoms with van der Waals surface area (Å²) in [4.78, 5) is 4.69. The second kappa shape index (κ2) is 13.1. The fraction of sp³-hybridized carbons (Fsp3) is 0.435. The van der Waals surface area contributed by atoms with Crippen molar-refractivity contribution in [3.63, 3.8) is 0 Å². The van der Waals surface area contributed by atoms with Crippen molar-refractivity contribution in [2.75, 3.05) is 40.6 Å². The van der Waals surface area contributed by atoms with Crippen LogP contribution in [-0.2, 0) is 12.8 Å². The summed E-state index contributed by atoms with van der Waals surface area (Å²) in [6.45, 7) is 4.73. The zero-order chi connectivity index (χ0) is 21.2. The Morgan fingerprint density at radius 1 is 0.935 bits per heavy atom. The van der Waals surface area contributed by atoms with Crippen molar-refractivity contribution in [2.24, 2.45) is 4.99 Å². The van der Waals surface area contributed by atoms with Crippen LogP contribution < -0.4 is 29.6 Å². The number of benzene rings is 2. The monoisotopic (exact) mass is 541 g/mol. The van der Waals surface area contributed by atoms with Gasteiger partial charge in [-0.3, -0.25) is 4.99 Å². The predicted octanol–water partition coefficient (Wildman–Crippen LogP) is 3.78. The van der Waals surface area contributed by atoms with E-state index in [9.17, 15) is 0 Å². The molecule has 1 heterocycles. The third-order valence-electron chi connectivity index (χ3n) is 4.83. The molecule has 2 aromatic rings. The third-order valence-corrected chi connectivity index (χ3v) is 4.83. The molecule has 170 valence electrons. The van der Waals surface area contributed by atoms with Crippen molar-refractivity contribution >= 4 is 29.9 Å². The largest absolute Gasteiger partial charge is 0.493 e. The lowest BCUT2D eigenvalue weighted by Gasteiger charge is -2.12. The van der Waals surface area contributed by atoms with Crippen molar-refractivity contribution in [1.29, 1.82) is 0 Å². The molecule has 0 saturated carbocycles. The van der Waals surface area contributed by atoms with Gasteiger partial charge in [0.15, 0.2) is 29.0 Å². The minimum Gasteiger partial charge on any atom is -0.493 e. The van der Waals surface area contributed by atoms with E-state index in [0.29, 0.717) is 6.79 Å². The highest BCUT2D eigenvalue weighted by molar-refractivity contribution is 14.0. The maximum Gasteiger partial charge on any atom is 0.231 e. The highest BCUT2D eigenvalue weighted by atomic mass is 127. The molecular formula is C23H32IN3O4. The number of aliphatic imine (C=N–C) groups is 1. The number of aryl methyl sites for hydroxylation is 1. The van der Waals surface area contributed by atoms with Gasteiger partial charge in [0.05, 0.1) is 14.2 Å². The van der Waals surface area contributed by atoms with Gasteiger partial charge in [-0.1, -0.05) is 12.1 Å². The lowest BCUT2D eigenvalue weighted by atomic mass is 10.1.